The van der Waals surface area contributed by atoms with Crippen LogP contribution in [-0.4, -0.2) is 0 Å². The van der Waals surface area contributed by atoms with E-state index in [0.717, 1.165) is 49.2 Å². The minimum absolute atomic E-state index is 0.810. The molecule has 0 saturated heterocycles. The molecule has 6 aromatic carbocycles. The van der Waals surface area contributed by atoms with E-state index in [1.807, 2.05) is 24.3 Å². The Morgan fingerprint density at radius 2 is 0.833 bits per heavy atom. The molecule has 2 heteroatoms. The molecule has 0 fully saturated rings. The zero-order valence-corrected chi connectivity index (χ0v) is 20.4. The van der Waals surface area contributed by atoms with Gasteiger partial charge in [0.25, 0.3) is 0 Å². The Bertz CT molecular complexity index is 1570. The van der Waals surface area contributed by atoms with E-state index in [-0.39, 0.29) is 0 Å². The fraction of sp³-hybridized carbons (Fsp3) is 0. The largest absolute Gasteiger partial charge is 0.311 e. The highest BCUT2D eigenvalue weighted by molar-refractivity contribution is 6.41. The Morgan fingerprint density at radius 1 is 0.417 bits per heavy atom. The second kappa shape index (κ2) is 9.73. The van der Waals surface area contributed by atoms with Crippen LogP contribution in [0.2, 0.25) is 5.02 Å². The first kappa shape index (κ1) is 22.2. The molecule has 6 aromatic rings. The van der Waals surface area contributed by atoms with Gasteiger partial charge in [0.2, 0.25) is 0 Å². The fourth-order valence-corrected chi connectivity index (χ4v) is 5.13. The van der Waals surface area contributed by atoms with Gasteiger partial charge < -0.3 is 4.90 Å². The molecule has 36 heavy (non-hydrogen) atoms. The number of rotatable bonds is 5. The summed E-state index contributed by atoms with van der Waals surface area (Å²) in [4.78, 5) is 2.27. The lowest BCUT2D eigenvalue weighted by atomic mass is 9.96. The molecular formula is C34H24ClN. The monoisotopic (exact) mass is 481 g/mol. The number of hydrogen-bond acceptors (Lipinski definition) is 1. The Kier molecular flexibility index (Phi) is 5.99. The van der Waals surface area contributed by atoms with Crippen molar-refractivity contribution in [3.8, 4) is 0 Å². The number of hydrogen-bond donors (Lipinski definition) is 0. The SMILES string of the molecule is Clc1c2ccccc2c(C=Cc2ccc(N(c3ccccc3)c3ccccc3)cc2)c2ccccc12. The van der Waals surface area contributed by atoms with Crippen molar-refractivity contribution < 1.29 is 0 Å². The first-order chi connectivity index (χ1) is 17.8. The Morgan fingerprint density at radius 3 is 1.33 bits per heavy atom. The van der Waals surface area contributed by atoms with E-state index in [2.05, 4.69) is 126 Å². The highest BCUT2D eigenvalue weighted by atomic mass is 35.5. The molecule has 0 saturated carbocycles. The first-order valence-corrected chi connectivity index (χ1v) is 12.4. The van der Waals surface area contributed by atoms with Crippen LogP contribution in [0.15, 0.2) is 133 Å². The van der Waals surface area contributed by atoms with Crippen molar-refractivity contribution in [3.63, 3.8) is 0 Å². The van der Waals surface area contributed by atoms with Crippen molar-refractivity contribution in [2.24, 2.45) is 0 Å². The normalized spacial score (nSPS) is 11.4. The van der Waals surface area contributed by atoms with Crippen LogP contribution < -0.4 is 4.90 Å². The maximum Gasteiger partial charge on any atom is 0.0563 e. The summed E-state index contributed by atoms with van der Waals surface area (Å²) >= 11 is 6.78. The maximum atomic E-state index is 6.78. The smallest absolute Gasteiger partial charge is 0.0563 e. The Labute approximate surface area is 216 Å². The number of benzene rings is 6. The summed E-state index contributed by atoms with van der Waals surface area (Å²) in [6.07, 6.45) is 4.39. The van der Waals surface area contributed by atoms with Crippen LogP contribution in [0.25, 0.3) is 33.7 Å². The topological polar surface area (TPSA) is 3.24 Å². The third kappa shape index (κ3) is 4.15. The van der Waals surface area contributed by atoms with Crippen LogP contribution in [-0.2, 0) is 0 Å². The van der Waals surface area contributed by atoms with Gasteiger partial charge in [0.1, 0.15) is 0 Å². The van der Waals surface area contributed by atoms with E-state index in [9.17, 15) is 0 Å². The van der Waals surface area contributed by atoms with Gasteiger partial charge in [-0.15, -0.1) is 0 Å². The summed E-state index contributed by atoms with van der Waals surface area (Å²) < 4.78 is 0. The van der Waals surface area contributed by atoms with Crippen molar-refractivity contribution in [2.45, 2.75) is 0 Å². The summed E-state index contributed by atoms with van der Waals surface area (Å²) in [7, 11) is 0. The molecule has 172 valence electrons. The van der Waals surface area contributed by atoms with Gasteiger partial charge in [0, 0.05) is 27.8 Å². The van der Waals surface area contributed by atoms with Gasteiger partial charge in [-0.05, 0) is 58.3 Å². The molecule has 0 aliphatic heterocycles. The van der Waals surface area contributed by atoms with E-state index < -0.39 is 0 Å². The molecule has 0 bridgehead atoms. The molecule has 0 N–H and O–H groups in total. The second-order valence-electron chi connectivity index (χ2n) is 8.75. The average molecular weight is 482 g/mol. The van der Waals surface area contributed by atoms with Crippen molar-refractivity contribution in [3.05, 3.63) is 150 Å². The standard InChI is InChI=1S/C34H24ClN/c35-34-32-17-9-7-15-29(32)31(30-16-8-10-18-33(30)34)24-21-25-19-22-28(23-20-25)36(26-11-3-1-4-12-26)27-13-5-2-6-14-27/h1-24H. The fourth-order valence-electron chi connectivity index (χ4n) is 4.80. The molecular weight excluding hydrogens is 458 g/mol. The van der Waals surface area contributed by atoms with Gasteiger partial charge in [-0.2, -0.15) is 0 Å². The molecule has 6 rings (SSSR count). The molecule has 0 atom stereocenters. The molecule has 0 unspecified atom stereocenters. The zero-order chi connectivity index (χ0) is 24.3. The Hall–Kier alpha value is -4.33. The van der Waals surface area contributed by atoms with Crippen LogP contribution in [0.1, 0.15) is 11.1 Å². The number of anilines is 3. The predicted molar refractivity (Wildman–Crippen MR) is 157 cm³/mol. The third-order valence-electron chi connectivity index (χ3n) is 6.53. The third-order valence-corrected chi connectivity index (χ3v) is 6.94. The quantitative estimate of drug-likeness (QED) is 0.175. The summed E-state index contributed by atoms with van der Waals surface area (Å²) in [6, 6.07) is 46.3. The maximum absolute atomic E-state index is 6.78. The lowest BCUT2D eigenvalue weighted by Crippen LogP contribution is -2.09. The van der Waals surface area contributed by atoms with E-state index in [4.69, 9.17) is 11.6 Å². The van der Waals surface area contributed by atoms with Crippen molar-refractivity contribution in [1.29, 1.82) is 0 Å². The van der Waals surface area contributed by atoms with E-state index in [1.165, 1.54) is 5.56 Å². The molecule has 1 nitrogen and oxygen atoms in total. The van der Waals surface area contributed by atoms with E-state index >= 15 is 0 Å². The van der Waals surface area contributed by atoms with Gasteiger partial charge in [0.05, 0.1) is 5.02 Å². The molecule has 0 radical (unpaired) electrons. The molecule has 0 amide bonds. The van der Waals surface area contributed by atoms with Gasteiger partial charge in [-0.25, -0.2) is 0 Å². The number of para-hydroxylation sites is 2. The Balaban J connectivity index is 1.40. The summed E-state index contributed by atoms with van der Waals surface area (Å²) in [6.45, 7) is 0. The summed E-state index contributed by atoms with van der Waals surface area (Å²) in [5.74, 6) is 0. The highest BCUT2D eigenvalue weighted by Crippen LogP contribution is 2.37. The number of nitrogens with zero attached hydrogens (tertiary/aromatic N) is 1. The number of halogens is 1. The minimum atomic E-state index is 0.810. The van der Waals surface area contributed by atoms with E-state index in [1.54, 1.807) is 0 Å². The number of fused-ring (bicyclic) bond motifs is 2. The highest BCUT2D eigenvalue weighted by Gasteiger charge is 2.12. The summed E-state index contributed by atoms with van der Waals surface area (Å²) in [5, 5.41) is 5.29. The molecule has 0 spiro atoms. The van der Waals surface area contributed by atoms with Crippen LogP contribution in [0.4, 0.5) is 17.1 Å². The van der Waals surface area contributed by atoms with E-state index in [0.29, 0.717) is 0 Å². The molecule has 0 aromatic heterocycles. The molecule has 0 aliphatic carbocycles. The lowest BCUT2D eigenvalue weighted by molar-refractivity contribution is 1.28. The second-order valence-corrected chi connectivity index (χ2v) is 9.13. The summed E-state index contributed by atoms with van der Waals surface area (Å²) in [5.41, 5.74) is 5.71. The van der Waals surface area contributed by atoms with Crippen LogP contribution in [0.5, 0.6) is 0 Å². The molecule has 0 aliphatic rings. The van der Waals surface area contributed by atoms with Gasteiger partial charge in [-0.1, -0.05) is 121 Å². The predicted octanol–water partition coefficient (Wildman–Crippen LogP) is 10.3. The van der Waals surface area contributed by atoms with Gasteiger partial charge >= 0.3 is 0 Å². The van der Waals surface area contributed by atoms with Crippen LogP contribution in [0.3, 0.4) is 0 Å². The first-order valence-electron chi connectivity index (χ1n) is 12.1. The van der Waals surface area contributed by atoms with Crippen LogP contribution in [0, 0.1) is 0 Å². The van der Waals surface area contributed by atoms with Crippen molar-refractivity contribution >= 4 is 62.4 Å². The lowest BCUT2D eigenvalue weighted by Gasteiger charge is -2.25. The average Bonchev–Trinajstić information content (AvgIpc) is 2.95. The molecule has 0 heterocycles. The zero-order valence-electron chi connectivity index (χ0n) is 19.7. The van der Waals surface area contributed by atoms with Gasteiger partial charge in [-0.3, -0.25) is 0 Å². The minimum Gasteiger partial charge on any atom is -0.311 e. The van der Waals surface area contributed by atoms with Crippen molar-refractivity contribution in [2.75, 3.05) is 4.90 Å². The van der Waals surface area contributed by atoms with Gasteiger partial charge in [0.15, 0.2) is 0 Å². The van der Waals surface area contributed by atoms with Crippen LogP contribution >= 0.6 is 11.6 Å². The van der Waals surface area contributed by atoms with Crippen molar-refractivity contribution in [1.82, 2.24) is 0 Å².